The van der Waals surface area contributed by atoms with Crippen molar-refractivity contribution < 1.29 is 9.59 Å². The van der Waals surface area contributed by atoms with Crippen molar-refractivity contribution in [3.05, 3.63) is 69.6 Å². The summed E-state index contributed by atoms with van der Waals surface area (Å²) in [5.74, 6) is 0.756. The lowest BCUT2D eigenvalue weighted by Crippen LogP contribution is -2.38. The third-order valence-corrected chi connectivity index (χ3v) is 6.40. The second-order valence-electron chi connectivity index (χ2n) is 7.62. The second kappa shape index (κ2) is 11.8. The Morgan fingerprint density at radius 2 is 1.93 bits per heavy atom. The Balaban J connectivity index is 1.29. The zero-order chi connectivity index (χ0) is 21.2. The number of aromatic nitrogens is 1. The lowest BCUT2D eigenvalue weighted by Gasteiger charge is -2.32. The first-order valence-corrected chi connectivity index (χ1v) is 11.6. The minimum Gasteiger partial charge on any atom is -0.353 e. The highest BCUT2D eigenvalue weighted by atomic mass is 127. The second-order valence-corrected chi connectivity index (χ2v) is 8.78. The predicted octanol–water partition coefficient (Wildman–Crippen LogP) is 4.54. The van der Waals surface area contributed by atoms with Gasteiger partial charge in [0.15, 0.2) is 0 Å². The Hall–Kier alpha value is -2.22. The van der Waals surface area contributed by atoms with Gasteiger partial charge in [-0.2, -0.15) is 0 Å². The SMILES string of the molecule is O=C(/C=C/c1cccnc1)NCCCCC1CCN(C(=O)c2ccccc2I)CC1. The number of pyridine rings is 1. The van der Waals surface area contributed by atoms with Crippen molar-refractivity contribution in [3.8, 4) is 0 Å². The number of carbonyl (C=O) groups excluding carboxylic acids is 2. The Labute approximate surface area is 192 Å². The first kappa shape index (κ1) is 22.5. The summed E-state index contributed by atoms with van der Waals surface area (Å²) in [4.78, 5) is 30.6. The molecule has 158 valence electrons. The van der Waals surface area contributed by atoms with Gasteiger partial charge in [-0.3, -0.25) is 14.6 Å². The topological polar surface area (TPSA) is 62.3 Å². The fourth-order valence-electron chi connectivity index (χ4n) is 3.70. The van der Waals surface area contributed by atoms with Crippen molar-refractivity contribution in [1.82, 2.24) is 15.2 Å². The van der Waals surface area contributed by atoms with Gasteiger partial charge in [0, 0.05) is 41.7 Å². The van der Waals surface area contributed by atoms with Gasteiger partial charge in [0.05, 0.1) is 5.56 Å². The zero-order valence-electron chi connectivity index (χ0n) is 17.1. The van der Waals surface area contributed by atoms with Gasteiger partial charge >= 0.3 is 0 Å². The molecule has 2 aromatic rings. The molecule has 30 heavy (non-hydrogen) atoms. The number of piperidine rings is 1. The van der Waals surface area contributed by atoms with Crippen LogP contribution in [-0.4, -0.2) is 41.3 Å². The molecule has 2 amide bonds. The number of unbranched alkanes of at least 4 members (excludes halogenated alkanes) is 1. The number of nitrogens with zero attached hydrogens (tertiary/aromatic N) is 2. The van der Waals surface area contributed by atoms with Crippen molar-refractivity contribution in [3.63, 3.8) is 0 Å². The molecule has 1 aromatic carbocycles. The van der Waals surface area contributed by atoms with E-state index in [1.54, 1.807) is 24.5 Å². The average Bonchev–Trinajstić information content (AvgIpc) is 2.78. The van der Waals surface area contributed by atoms with Crippen molar-refractivity contribution in [2.45, 2.75) is 32.1 Å². The van der Waals surface area contributed by atoms with Gasteiger partial charge in [0.1, 0.15) is 0 Å². The van der Waals surface area contributed by atoms with Crippen LogP contribution in [0.4, 0.5) is 0 Å². The smallest absolute Gasteiger partial charge is 0.254 e. The van der Waals surface area contributed by atoms with Crippen LogP contribution in [0.2, 0.25) is 0 Å². The quantitative estimate of drug-likeness (QED) is 0.318. The predicted molar refractivity (Wildman–Crippen MR) is 128 cm³/mol. The van der Waals surface area contributed by atoms with Crippen LogP contribution in [0.1, 0.15) is 48.0 Å². The number of halogens is 1. The van der Waals surface area contributed by atoms with Crippen molar-refractivity contribution in [1.29, 1.82) is 0 Å². The molecule has 5 nitrogen and oxygen atoms in total. The number of carbonyl (C=O) groups is 2. The molecule has 3 rings (SSSR count). The van der Waals surface area contributed by atoms with Crippen LogP contribution in [0.15, 0.2) is 54.9 Å². The summed E-state index contributed by atoms with van der Waals surface area (Å²) in [6.07, 6.45) is 12.1. The van der Waals surface area contributed by atoms with E-state index in [2.05, 4.69) is 32.9 Å². The van der Waals surface area contributed by atoms with Gasteiger partial charge in [-0.1, -0.05) is 31.0 Å². The van der Waals surface area contributed by atoms with Gasteiger partial charge in [-0.25, -0.2) is 0 Å². The molecule has 1 aromatic heterocycles. The molecule has 1 aliphatic rings. The third-order valence-electron chi connectivity index (χ3n) is 5.46. The molecule has 0 unspecified atom stereocenters. The lowest BCUT2D eigenvalue weighted by molar-refractivity contribution is -0.116. The normalized spacial score (nSPS) is 14.8. The van der Waals surface area contributed by atoms with Gasteiger partial charge in [-0.15, -0.1) is 0 Å². The number of nitrogens with one attached hydrogen (secondary N) is 1. The molecule has 1 saturated heterocycles. The van der Waals surface area contributed by atoms with E-state index >= 15 is 0 Å². The van der Waals surface area contributed by atoms with Crippen molar-refractivity contribution in [2.24, 2.45) is 5.92 Å². The van der Waals surface area contributed by atoms with E-state index in [9.17, 15) is 9.59 Å². The molecule has 0 atom stereocenters. The molecule has 1 aliphatic heterocycles. The standard InChI is InChI=1S/C24H28IN3O2/c25-22-9-2-1-8-21(22)24(30)28-16-12-19(13-17-28)6-3-4-15-27-23(29)11-10-20-7-5-14-26-18-20/h1-2,5,7-11,14,18-19H,3-4,6,12-13,15-17H2,(H,27,29)/b11-10+. The number of rotatable bonds is 8. The van der Waals surface area contributed by atoms with Crippen LogP contribution in [0.5, 0.6) is 0 Å². The highest BCUT2D eigenvalue weighted by Gasteiger charge is 2.24. The van der Waals surface area contributed by atoms with Crippen LogP contribution in [-0.2, 0) is 4.79 Å². The summed E-state index contributed by atoms with van der Waals surface area (Å²) < 4.78 is 1.01. The lowest BCUT2D eigenvalue weighted by atomic mass is 9.91. The molecule has 0 spiro atoms. The van der Waals surface area contributed by atoms with Crippen LogP contribution < -0.4 is 5.32 Å². The molecule has 1 fully saturated rings. The summed E-state index contributed by atoms with van der Waals surface area (Å²) in [6.45, 7) is 2.37. The van der Waals surface area contributed by atoms with E-state index in [1.165, 1.54) is 0 Å². The zero-order valence-corrected chi connectivity index (χ0v) is 19.3. The number of amides is 2. The van der Waals surface area contributed by atoms with E-state index in [1.807, 2.05) is 41.3 Å². The average molecular weight is 517 g/mol. The molecule has 0 bridgehead atoms. The minimum atomic E-state index is -0.0683. The highest BCUT2D eigenvalue weighted by molar-refractivity contribution is 14.1. The largest absolute Gasteiger partial charge is 0.353 e. The van der Waals surface area contributed by atoms with Gasteiger partial charge in [0.25, 0.3) is 5.91 Å². The van der Waals surface area contributed by atoms with Crippen LogP contribution >= 0.6 is 22.6 Å². The van der Waals surface area contributed by atoms with Gasteiger partial charge < -0.3 is 10.2 Å². The maximum absolute atomic E-state index is 12.7. The maximum Gasteiger partial charge on any atom is 0.254 e. The van der Waals surface area contributed by atoms with Crippen molar-refractivity contribution >= 4 is 40.5 Å². The van der Waals surface area contributed by atoms with Crippen LogP contribution in [0.3, 0.4) is 0 Å². The first-order chi connectivity index (χ1) is 14.6. The Morgan fingerprint density at radius 1 is 1.13 bits per heavy atom. The molecule has 0 radical (unpaired) electrons. The fourth-order valence-corrected chi connectivity index (χ4v) is 4.32. The molecule has 0 saturated carbocycles. The molecule has 6 heteroatoms. The fraction of sp³-hybridized carbons (Fsp3) is 0.375. The molecular formula is C24H28IN3O2. The van der Waals surface area contributed by atoms with Crippen LogP contribution in [0, 0.1) is 9.49 Å². The number of hydrogen-bond acceptors (Lipinski definition) is 3. The van der Waals surface area contributed by atoms with E-state index in [0.29, 0.717) is 12.5 Å². The van der Waals surface area contributed by atoms with E-state index in [0.717, 1.165) is 59.9 Å². The van der Waals surface area contributed by atoms with Crippen molar-refractivity contribution in [2.75, 3.05) is 19.6 Å². The van der Waals surface area contributed by atoms with E-state index in [4.69, 9.17) is 0 Å². The summed E-state index contributed by atoms with van der Waals surface area (Å²) in [5.41, 5.74) is 1.73. The number of hydrogen-bond donors (Lipinski definition) is 1. The summed E-state index contributed by atoms with van der Waals surface area (Å²) in [7, 11) is 0. The van der Waals surface area contributed by atoms with E-state index in [-0.39, 0.29) is 11.8 Å². The number of benzene rings is 1. The molecular weight excluding hydrogens is 489 g/mol. The summed E-state index contributed by atoms with van der Waals surface area (Å²) >= 11 is 2.23. The monoisotopic (exact) mass is 517 g/mol. The summed E-state index contributed by atoms with van der Waals surface area (Å²) in [6, 6.07) is 11.5. The minimum absolute atomic E-state index is 0.0683. The maximum atomic E-state index is 12.7. The first-order valence-electron chi connectivity index (χ1n) is 10.5. The molecule has 1 N–H and O–H groups in total. The highest BCUT2D eigenvalue weighted by Crippen LogP contribution is 2.24. The Bertz CT molecular complexity index is 862. The van der Waals surface area contributed by atoms with Crippen LogP contribution in [0.25, 0.3) is 6.08 Å². The van der Waals surface area contributed by atoms with Gasteiger partial charge in [-0.05, 0) is 77.6 Å². The molecule has 2 heterocycles. The Morgan fingerprint density at radius 3 is 2.67 bits per heavy atom. The molecule has 0 aliphatic carbocycles. The summed E-state index contributed by atoms with van der Waals surface area (Å²) in [5, 5.41) is 2.94. The van der Waals surface area contributed by atoms with E-state index < -0.39 is 0 Å². The third kappa shape index (κ3) is 6.93. The van der Waals surface area contributed by atoms with Gasteiger partial charge in [0.2, 0.25) is 5.91 Å². The number of likely N-dealkylation sites (tertiary alicyclic amines) is 1. The Kier molecular flexibility index (Phi) is 8.86.